The molecule has 0 fully saturated rings. The van der Waals surface area contributed by atoms with Crippen molar-refractivity contribution in [3.05, 3.63) is 65.0 Å². The number of rotatable bonds is 6. The van der Waals surface area contributed by atoms with Crippen LogP contribution >= 0.6 is 0 Å². The summed E-state index contributed by atoms with van der Waals surface area (Å²) in [6, 6.07) is 11.1. The molecule has 0 aliphatic rings. The fourth-order valence-electron chi connectivity index (χ4n) is 2.32. The van der Waals surface area contributed by atoms with Crippen LogP contribution in [-0.2, 0) is 6.42 Å². The van der Waals surface area contributed by atoms with Gasteiger partial charge in [0.25, 0.3) is 0 Å². The number of hydrogen-bond donors (Lipinski definition) is 0. The summed E-state index contributed by atoms with van der Waals surface area (Å²) < 4.78 is 18.8. The molecular weight excluding hydrogens is 279 g/mol. The average molecular weight is 300 g/mol. The van der Waals surface area contributed by atoms with E-state index in [0.29, 0.717) is 11.1 Å². The van der Waals surface area contributed by atoms with Gasteiger partial charge < -0.3 is 4.74 Å². The van der Waals surface area contributed by atoms with E-state index in [4.69, 9.17) is 4.74 Å². The Morgan fingerprint density at radius 1 is 1.09 bits per heavy atom. The van der Waals surface area contributed by atoms with E-state index < -0.39 is 0 Å². The number of ether oxygens (including phenoxy) is 1. The van der Waals surface area contributed by atoms with Crippen LogP contribution in [0.15, 0.2) is 42.5 Å². The van der Waals surface area contributed by atoms with E-state index in [9.17, 15) is 9.18 Å². The molecule has 0 aliphatic heterocycles. The first-order valence-electron chi connectivity index (χ1n) is 7.61. The summed E-state index contributed by atoms with van der Waals surface area (Å²) in [4.78, 5) is 12.5. The molecule has 2 aromatic carbocycles. The van der Waals surface area contributed by atoms with Gasteiger partial charge in [0.05, 0.1) is 6.10 Å². The second-order valence-electron chi connectivity index (χ2n) is 5.58. The number of ketones is 1. The van der Waals surface area contributed by atoms with Crippen LogP contribution in [0.4, 0.5) is 4.39 Å². The van der Waals surface area contributed by atoms with Crippen molar-refractivity contribution in [2.45, 2.75) is 39.7 Å². The van der Waals surface area contributed by atoms with E-state index in [-0.39, 0.29) is 17.7 Å². The second-order valence-corrected chi connectivity index (χ2v) is 5.58. The largest absolute Gasteiger partial charge is 0.491 e. The Hall–Kier alpha value is -2.16. The maximum atomic E-state index is 13.0. The highest BCUT2D eigenvalue weighted by Gasteiger charge is 2.13. The van der Waals surface area contributed by atoms with E-state index in [1.165, 1.54) is 24.3 Å². The molecule has 22 heavy (non-hydrogen) atoms. The fourth-order valence-corrected chi connectivity index (χ4v) is 2.32. The van der Waals surface area contributed by atoms with Gasteiger partial charge in [-0.05, 0) is 68.3 Å². The second kappa shape index (κ2) is 7.21. The molecule has 0 unspecified atom stereocenters. The van der Waals surface area contributed by atoms with Crippen molar-refractivity contribution in [2.24, 2.45) is 0 Å². The maximum absolute atomic E-state index is 13.0. The molecule has 3 heteroatoms. The van der Waals surface area contributed by atoms with E-state index in [1.807, 2.05) is 26.0 Å². The zero-order valence-corrected chi connectivity index (χ0v) is 13.2. The van der Waals surface area contributed by atoms with Gasteiger partial charge in [-0.25, -0.2) is 4.39 Å². The summed E-state index contributed by atoms with van der Waals surface area (Å²) in [5.74, 6) is 0.379. The third-order valence-electron chi connectivity index (χ3n) is 3.31. The first kappa shape index (κ1) is 16.2. The highest BCUT2D eigenvalue weighted by Crippen LogP contribution is 2.24. The number of carbonyl (C=O) groups excluding carboxylic acids is 1. The van der Waals surface area contributed by atoms with Crippen molar-refractivity contribution < 1.29 is 13.9 Å². The summed E-state index contributed by atoms with van der Waals surface area (Å²) in [5, 5.41) is 0. The lowest BCUT2D eigenvalue weighted by atomic mass is 9.99. The van der Waals surface area contributed by atoms with Crippen molar-refractivity contribution in [3.8, 4) is 5.75 Å². The summed E-state index contributed by atoms with van der Waals surface area (Å²) in [6.07, 6.45) is 1.92. The van der Waals surface area contributed by atoms with Gasteiger partial charge in [-0.15, -0.1) is 0 Å². The average Bonchev–Trinajstić information content (AvgIpc) is 2.49. The number of hydrogen-bond acceptors (Lipinski definition) is 2. The first-order valence-corrected chi connectivity index (χ1v) is 7.61. The van der Waals surface area contributed by atoms with Gasteiger partial charge >= 0.3 is 0 Å². The van der Waals surface area contributed by atoms with Gasteiger partial charge in [0.1, 0.15) is 11.6 Å². The summed E-state index contributed by atoms with van der Waals surface area (Å²) >= 11 is 0. The SMILES string of the molecule is CCCc1cc(C(=O)c2ccc(F)cc2)ccc1OC(C)C. The molecule has 0 atom stereocenters. The van der Waals surface area contributed by atoms with E-state index in [1.54, 1.807) is 6.07 Å². The molecule has 0 heterocycles. The Morgan fingerprint density at radius 3 is 2.32 bits per heavy atom. The Bertz CT molecular complexity index is 645. The van der Waals surface area contributed by atoms with Crippen molar-refractivity contribution in [1.82, 2.24) is 0 Å². The molecule has 2 aromatic rings. The molecule has 0 N–H and O–H groups in total. The number of benzene rings is 2. The predicted octanol–water partition coefficient (Wildman–Crippen LogP) is 4.80. The Balaban J connectivity index is 2.32. The summed E-state index contributed by atoms with van der Waals surface area (Å²) in [5.41, 5.74) is 2.12. The smallest absolute Gasteiger partial charge is 0.193 e. The Labute approximate surface area is 130 Å². The van der Waals surface area contributed by atoms with Crippen LogP contribution in [0.2, 0.25) is 0 Å². The van der Waals surface area contributed by atoms with Gasteiger partial charge in [-0.2, -0.15) is 0 Å². The standard InChI is InChI=1S/C19H21FO2/c1-4-5-15-12-16(8-11-18(15)22-13(2)3)19(21)14-6-9-17(20)10-7-14/h6-13H,4-5H2,1-3H3. The lowest BCUT2D eigenvalue weighted by Crippen LogP contribution is -2.09. The van der Waals surface area contributed by atoms with Gasteiger partial charge in [0.15, 0.2) is 5.78 Å². The predicted molar refractivity (Wildman–Crippen MR) is 86.0 cm³/mol. The molecule has 116 valence electrons. The maximum Gasteiger partial charge on any atom is 0.193 e. The molecule has 0 bridgehead atoms. The lowest BCUT2D eigenvalue weighted by molar-refractivity contribution is 0.103. The Kier molecular flexibility index (Phi) is 5.31. The Morgan fingerprint density at radius 2 is 1.73 bits per heavy atom. The zero-order valence-electron chi connectivity index (χ0n) is 13.2. The summed E-state index contributed by atoms with van der Waals surface area (Å²) in [7, 11) is 0. The van der Waals surface area contributed by atoms with E-state index in [2.05, 4.69) is 6.92 Å². The number of carbonyl (C=O) groups is 1. The normalized spacial score (nSPS) is 10.8. The lowest BCUT2D eigenvalue weighted by Gasteiger charge is -2.15. The zero-order chi connectivity index (χ0) is 16.1. The highest BCUT2D eigenvalue weighted by atomic mass is 19.1. The van der Waals surface area contributed by atoms with Crippen molar-refractivity contribution >= 4 is 5.78 Å². The molecule has 0 spiro atoms. The molecule has 0 aliphatic carbocycles. The van der Waals surface area contributed by atoms with Crippen LogP contribution in [0.25, 0.3) is 0 Å². The van der Waals surface area contributed by atoms with Gasteiger partial charge in [0.2, 0.25) is 0 Å². The van der Waals surface area contributed by atoms with E-state index in [0.717, 1.165) is 24.2 Å². The van der Waals surface area contributed by atoms with Gasteiger partial charge in [0, 0.05) is 11.1 Å². The third-order valence-corrected chi connectivity index (χ3v) is 3.31. The monoisotopic (exact) mass is 300 g/mol. The van der Waals surface area contributed by atoms with Crippen LogP contribution in [-0.4, -0.2) is 11.9 Å². The minimum atomic E-state index is -0.344. The highest BCUT2D eigenvalue weighted by molar-refractivity contribution is 6.09. The molecule has 0 radical (unpaired) electrons. The fraction of sp³-hybridized carbons (Fsp3) is 0.316. The molecule has 0 saturated carbocycles. The topological polar surface area (TPSA) is 26.3 Å². The quantitative estimate of drug-likeness (QED) is 0.716. The summed E-state index contributed by atoms with van der Waals surface area (Å²) in [6.45, 7) is 6.05. The van der Waals surface area contributed by atoms with Crippen LogP contribution < -0.4 is 4.74 Å². The molecule has 0 amide bonds. The minimum Gasteiger partial charge on any atom is -0.491 e. The molecule has 2 nitrogen and oxygen atoms in total. The van der Waals surface area contributed by atoms with Crippen molar-refractivity contribution in [2.75, 3.05) is 0 Å². The molecule has 0 aromatic heterocycles. The van der Waals surface area contributed by atoms with Crippen LogP contribution in [0.3, 0.4) is 0 Å². The first-order chi connectivity index (χ1) is 10.5. The van der Waals surface area contributed by atoms with Crippen LogP contribution in [0.5, 0.6) is 5.75 Å². The van der Waals surface area contributed by atoms with Crippen molar-refractivity contribution in [3.63, 3.8) is 0 Å². The van der Waals surface area contributed by atoms with Gasteiger partial charge in [-0.1, -0.05) is 13.3 Å². The van der Waals surface area contributed by atoms with Crippen molar-refractivity contribution in [1.29, 1.82) is 0 Å². The molecule has 2 rings (SSSR count). The third kappa shape index (κ3) is 3.94. The minimum absolute atomic E-state index is 0.0919. The van der Waals surface area contributed by atoms with Gasteiger partial charge in [-0.3, -0.25) is 4.79 Å². The van der Waals surface area contributed by atoms with Crippen LogP contribution in [0, 0.1) is 5.82 Å². The van der Waals surface area contributed by atoms with E-state index >= 15 is 0 Å². The number of halogens is 1. The molecule has 0 saturated heterocycles. The molecular formula is C19H21FO2. The number of aryl methyl sites for hydroxylation is 1. The van der Waals surface area contributed by atoms with Crippen LogP contribution in [0.1, 0.15) is 48.7 Å².